The number of pyridine rings is 1. The number of aryl methyl sites for hydroxylation is 5. The molecule has 160 valence electrons. The van der Waals surface area contributed by atoms with E-state index in [0.29, 0.717) is 12.8 Å². The molecule has 3 heterocycles. The molecule has 0 aliphatic rings. The Labute approximate surface area is 181 Å². The quantitative estimate of drug-likeness (QED) is 0.444. The SMILES string of the molecule is CNc1ccc(-c2c(CCc3onc(C)c3-c3ccc(C)cn3)noc2C)cc1OC. The maximum Gasteiger partial charge on any atom is 0.146 e. The summed E-state index contributed by atoms with van der Waals surface area (Å²) in [5.74, 6) is 2.33. The fourth-order valence-electron chi connectivity index (χ4n) is 3.77. The number of aromatic nitrogens is 3. The Morgan fingerprint density at radius 1 is 0.968 bits per heavy atom. The Hall–Kier alpha value is -3.61. The summed E-state index contributed by atoms with van der Waals surface area (Å²) in [6, 6.07) is 10.1. The highest BCUT2D eigenvalue weighted by atomic mass is 16.5. The summed E-state index contributed by atoms with van der Waals surface area (Å²) in [5.41, 5.74) is 7.52. The van der Waals surface area contributed by atoms with Gasteiger partial charge in [0.2, 0.25) is 0 Å². The van der Waals surface area contributed by atoms with Crippen molar-refractivity contribution in [3.05, 3.63) is 65.0 Å². The zero-order chi connectivity index (χ0) is 22.0. The number of methoxy groups -OCH3 is 1. The maximum absolute atomic E-state index is 5.64. The summed E-state index contributed by atoms with van der Waals surface area (Å²) in [7, 11) is 3.53. The number of hydrogen-bond donors (Lipinski definition) is 1. The maximum atomic E-state index is 5.64. The van der Waals surface area contributed by atoms with E-state index in [0.717, 1.165) is 62.3 Å². The molecule has 1 aromatic carbocycles. The van der Waals surface area contributed by atoms with Gasteiger partial charge in [0, 0.05) is 31.6 Å². The predicted molar refractivity (Wildman–Crippen MR) is 119 cm³/mol. The first kappa shape index (κ1) is 20.7. The Morgan fingerprint density at radius 2 is 1.81 bits per heavy atom. The zero-order valence-corrected chi connectivity index (χ0v) is 18.4. The molecule has 7 nitrogen and oxygen atoms in total. The number of anilines is 1. The third kappa shape index (κ3) is 4.03. The van der Waals surface area contributed by atoms with Gasteiger partial charge in [0.05, 0.1) is 35.4 Å². The van der Waals surface area contributed by atoms with Crippen molar-refractivity contribution in [1.82, 2.24) is 15.3 Å². The van der Waals surface area contributed by atoms with E-state index in [1.807, 2.05) is 64.3 Å². The lowest BCUT2D eigenvalue weighted by atomic mass is 9.99. The van der Waals surface area contributed by atoms with Crippen LogP contribution in [0, 0.1) is 20.8 Å². The second-order valence-electron chi connectivity index (χ2n) is 7.51. The molecule has 1 N–H and O–H groups in total. The van der Waals surface area contributed by atoms with E-state index in [1.165, 1.54) is 0 Å². The summed E-state index contributed by atoms with van der Waals surface area (Å²) in [4.78, 5) is 4.55. The predicted octanol–water partition coefficient (Wildman–Crippen LogP) is 5.15. The minimum Gasteiger partial charge on any atom is -0.495 e. The minimum atomic E-state index is 0.635. The molecule has 0 saturated heterocycles. The lowest BCUT2D eigenvalue weighted by Crippen LogP contribution is -1.97. The van der Waals surface area contributed by atoms with E-state index in [1.54, 1.807) is 7.11 Å². The van der Waals surface area contributed by atoms with Crippen LogP contribution in [-0.4, -0.2) is 29.5 Å². The second-order valence-corrected chi connectivity index (χ2v) is 7.51. The van der Waals surface area contributed by atoms with Gasteiger partial charge in [0.25, 0.3) is 0 Å². The molecule has 4 rings (SSSR count). The highest BCUT2D eigenvalue weighted by molar-refractivity contribution is 5.73. The molecule has 0 unspecified atom stereocenters. The lowest BCUT2D eigenvalue weighted by molar-refractivity contribution is 0.373. The molecule has 0 saturated carbocycles. The van der Waals surface area contributed by atoms with Crippen LogP contribution in [0.2, 0.25) is 0 Å². The van der Waals surface area contributed by atoms with Gasteiger partial charge in [0.15, 0.2) is 0 Å². The molecule has 7 heteroatoms. The second kappa shape index (κ2) is 8.63. The Kier molecular flexibility index (Phi) is 5.75. The van der Waals surface area contributed by atoms with Gasteiger partial charge < -0.3 is 19.1 Å². The third-order valence-electron chi connectivity index (χ3n) is 5.38. The highest BCUT2D eigenvalue weighted by Gasteiger charge is 2.20. The summed E-state index contributed by atoms with van der Waals surface area (Å²) in [6.45, 7) is 5.88. The van der Waals surface area contributed by atoms with Crippen molar-refractivity contribution in [3.8, 4) is 28.1 Å². The van der Waals surface area contributed by atoms with Gasteiger partial charge in [-0.3, -0.25) is 4.98 Å². The monoisotopic (exact) mass is 418 g/mol. The first-order chi connectivity index (χ1) is 15.0. The molecule has 31 heavy (non-hydrogen) atoms. The Bertz CT molecular complexity index is 1190. The number of rotatable bonds is 7. The normalized spacial score (nSPS) is 11.0. The largest absolute Gasteiger partial charge is 0.495 e. The fourth-order valence-corrected chi connectivity index (χ4v) is 3.77. The van der Waals surface area contributed by atoms with Crippen LogP contribution in [0.5, 0.6) is 5.75 Å². The molecular formula is C24H26N4O3. The molecule has 0 radical (unpaired) electrons. The third-order valence-corrected chi connectivity index (χ3v) is 5.38. The van der Waals surface area contributed by atoms with E-state index in [-0.39, 0.29) is 0 Å². The summed E-state index contributed by atoms with van der Waals surface area (Å²) in [6.07, 6.45) is 3.14. The van der Waals surface area contributed by atoms with Crippen molar-refractivity contribution in [2.45, 2.75) is 33.6 Å². The van der Waals surface area contributed by atoms with Gasteiger partial charge in [-0.25, -0.2) is 0 Å². The number of nitrogens with zero attached hydrogens (tertiary/aromatic N) is 3. The van der Waals surface area contributed by atoms with Crippen LogP contribution in [0.15, 0.2) is 45.6 Å². The van der Waals surface area contributed by atoms with Crippen LogP contribution in [0.1, 0.15) is 28.5 Å². The molecule has 0 spiro atoms. The van der Waals surface area contributed by atoms with E-state index in [9.17, 15) is 0 Å². The molecule has 0 aliphatic heterocycles. The average molecular weight is 418 g/mol. The summed E-state index contributed by atoms with van der Waals surface area (Å²) < 4.78 is 16.7. The van der Waals surface area contributed by atoms with E-state index in [2.05, 4.69) is 20.6 Å². The summed E-state index contributed by atoms with van der Waals surface area (Å²) in [5, 5.41) is 11.6. The van der Waals surface area contributed by atoms with E-state index < -0.39 is 0 Å². The molecular weight excluding hydrogens is 392 g/mol. The fraction of sp³-hybridized carbons (Fsp3) is 0.292. The van der Waals surface area contributed by atoms with Crippen molar-refractivity contribution in [2.75, 3.05) is 19.5 Å². The Balaban J connectivity index is 1.63. The van der Waals surface area contributed by atoms with Crippen molar-refractivity contribution >= 4 is 5.69 Å². The van der Waals surface area contributed by atoms with Crippen LogP contribution in [0.25, 0.3) is 22.4 Å². The van der Waals surface area contributed by atoms with Gasteiger partial charge in [0.1, 0.15) is 17.3 Å². The first-order valence-electron chi connectivity index (χ1n) is 10.2. The molecule has 4 aromatic rings. The number of ether oxygens (including phenoxy) is 1. The van der Waals surface area contributed by atoms with Crippen molar-refractivity contribution < 1.29 is 13.8 Å². The van der Waals surface area contributed by atoms with Gasteiger partial charge in [-0.05, 0) is 50.1 Å². The lowest BCUT2D eigenvalue weighted by Gasteiger charge is -2.10. The molecule has 0 aliphatic carbocycles. The topological polar surface area (TPSA) is 86.2 Å². The first-order valence-corrected chi connectivity index (χ1v) is 10.2. The standard InChI is InChI=1S/C24H26N4O3/c1-14-6-8-19(26-13-14)23-15(2)27-31-21(23)11-10-20-24(16(3)30-28-20)17-7-9-18(25-4)22(12-17)29-5/h6-9,12-13,25H,10-11H2,1-5H3. The van der Waals surface area contributed by atoms with E-state index in [4.69, 9.17) is 13.8 Å². The van der Waals surface area contributed by atoms with Crippen molar-refractivity contribution in [1.29, 1.82) is 0 Å². The van der Waals surface area contributed by atoms with Crippen LogP contribution in [-0.2, 0) is 12.8 Å². The highest BCUT2D eigenvalue weighted by Crippen LogP contribution is 2.35. The molecule has 0 fully saturated rings. The molecule has 3 aromatic heterocycles. The van der Waals surface area contributed by atoms with Gasteiger partial charge >= 0.3 is 0 Å². The van der Waals surface area contributed by atoms with Crippen LogP contribution in [0.4, 0.5) is 5.69 Å². The van der Waals surface area contributed by atoms with Gasteiger partial charge in [-0.1, -0.05) is 22.4 Å². The van der Waals surface area contributed by atoms with Gasteiger partial charge in [-0.15, -0.1) is 0 Å². The van der Waals surface area contributed by atoms with Crippen LogP contribution in [0.3, 0.4) is 0 Å². The van der Waals surface area contributed by atoms with Crippen LogP contribution < -0.4 is 10.1 Å². The number of nitrogens with one attached hydrogen (secondary N) is 1. The van der Waals surface area contributed by atoms with Crippen LogP contribution >= 0.6 is 0 Å². The smallest absolute Gasteiger partial charge is 0.146 e. The molecule has 0 atom stereocenters. The zero-order valence-electron chi connectivity index (χ0n) is 18.4. The summed E-state index contributed by atoms with van der Waals surface area (Å²) >= 11 is 0. The van der Waals surface area contributed by atoms with E-state index >= 15 is 0 Å². The Morgan fingerprint density at radius 3 is 2.52 bits per heavy atom. The molecule has 0 bridgehead atoms. The van der Waals surface area contributed by atoms with Gasteiger partial charge in [-0.2, -0.15) is 0 Å². The number of hydrogen-bond acceptors (Lipinski definition) is 7. The minimum absolute atomic E-state index is 0.635. The van der Waals surface area contributed by atoms with Crippen molar-refractivity contribution in [2.24, 2.45) is 0 Å². The average Bonchev–Trinajstić information content (AvgIpc) is 3.34. The molecule has 0 amide bonds. The number of benzene rings is 1. The van der Waals surface area contributed by atoms with Crippen molar-refractivity contribution in [3.63, 3.8) is 0 Å².